The number of nitrogens with zero attached hydrogens (tertiary/aromatic N) is 4. The number of imidazole rings is 2. The topological polar surface area (TPSA) is 95.8 Å². The Balaban J connectivity index is 1.96. The van der Waals surface area contributed by atoms with E-state index in [0.717, 1.165) is 16.5 Å². The van der Waals surface area contributed by atoms with Crippen molar-refractivity contribution in [2.45, 2.75) is 42.2 Å². The average Bonchev–Trinajstić information content (AvgIpc) is 3.17. The van der Waals surface area contributed by atoms with Gasteiger partial charge in [-0.1, -0.05) is 18.7 Å². The standard InChI is InChI=1S/C15H17F2N5O2S2/c1-2-6-21-12-4-3-10(26(18,23)24)8-11(12)20-15(21)25-9-13-19-5-7-22(13)14(16)17/h3-5,7-8,14H,2,6,9H2,1H3,(H2,18,23,24). The van der Waals surface area contributed by atoms with Crippen LogP contribution in [-0.4, -0.2) is 27.5 Å². The average molecular weight is 401 g/mol. The minimum absolute atomic E-state index is 0.0176. The maximum atomic E-state index is 12.9. The van der Waals surface area contributed by atoms with Gasteiger partial charge in [-0.05, 0) is 24.6 Å². The van der Waals surface area contributed by atoms with Crippen molar-refractivity contribution in [1.29, 1.82) is 0 Å². The first kappa shape index (κ1) is 18.8. The van der Waals surface area contributed by atoms with Gasteiger partial charge in [-0.3, -0.25) is 4.57 Å². The number of sulfonamides is 1. The van der Waals surface area contributed by atoms with Crippen LogP contribution in [0, 0.1) is 0 Å². The molecule has 0 aliphatic heterocycles. The van der Waals surface area contributed by atoms with Crippen LogP contribution in [0.2, 0.25) is 0 Å². The fourth-order valence-corrected chi connectivity index (χ4v) is 4.10. The molecule has 2 aromatic heterocycles. The number of benzene rings is 1. The van der Waals surface area contributed by atoms with Crippen molar-refractivity contribution in [2.24, 2.45) is 5.14 Å². The van der Waals surface area contributed by atoms with Crippen LogP contribution >= 0.6 is 11.8 Å². The van der Waals surface area contributed by atoms with Gasteiger partial charge < -0.3 is 4.57 Å². The summed E-state index contributed by atoms with van der Waals surface area (Å²) in [5.74, 6) is 0.456. The molecular weight excluding hydrogens is 384 g/mol. The van der Waals surface area contributed by atoms with E-state index in [2.05, 4.69) is 9.97 Å². The molecule has 0 fully saturated rings. The van der Waals surface area contributed by atoms with Gasteiger partial charge in [-0.25, -0.2) is 23.5 Å². The van der Waals surface area contributed by atoms with Crippen LogP contribution in [0.25, 0.3) is 11.0 Å². The molecule has 26 heavy (non-hydrogen) atoms. The highest BCUT2D eigenvalue weighted by molar-refractivity contribution is 7.98. The third kappa shape index (κ3) is 3.74. The molecule has 2 N–H and O–H groups in total. The van der Waals surface area contributed by atoms with Crippen LogP contribution in [0.3, 0.4) is 0 Å². The van der Waals surface area contributed by atoms with Crippen LogP contribution in [0.5, 0.6) is 0 Å². The highest BCUT2D eigenvalue weighted by atomic mass is 32.2. The van der Waals surface area contributed by atoms with Gasteiger partial charge in [0.2, 0.25) is 10.0 Å². The number of hydrogen-bond donors (Lipinski definition) is 1. The highest BCUT2D eigenvalue weighted by Gasteiger charge is 2.17. The summed E-state index contributed by atoms with van der Waals surface area (Å²) in [6, 6.07) is 4.51. The zero-order chi connectivity index (χ0) is 18.9. The van der Waals surface area contributed by atoms with E-state index >= 15 is 0 Å². The number of fused-ring (bicyclic) bond motifs is 1. The lowest BCUT2D eigenvalue weighted by molar-refractivity contribution is 0.0678. The lowest BCUT2D eigenvalue weighted by Crippen LogP contribution is -2.11. The van der Waals surface area contributed by atoms with Gasteiger partial charge in [0.05, 0.1) is 21.7 Å². The third-order valence-corrected chi connectivity index (χ3v) is 5.63. The molecule has 0 radical (unpaired) electrons. The van der Waals surface area contributed by atoms with Gasteiger partial charge in [0.1, 0.15) is 5.82 Å². The van der Waals surface area contributed by atoms with Crippen molar-refractivity contribution in [2.75, 3.05) is 0 Å². The minimum Gasteiger partial charge on any atom is -0.319 e. The van der Waals surface area contributed by atoms with Gasteiger partial charge >= 0.3 is 6.55 Å². The van der Waals surface area contributed by atoms with Gasteiger partial charge in [-0.2, -0.15) is 8.78 Å². The molecule has 7 nitrogen and oxygen atoms in total. The second kappa shape index (κ2) is 7.33. The SMILES string of the molecule is CCCn1c(SCc2nccn2C(F)F)nc2cc(S(N)(=O)=O)ccc21. The summed E-state index contributed by atoms with van der Waals surface area (Å²) in [5.41, 5.74) is 1.25. The fourth-order valence-electron chi connectivity index (χ4n) is 2.58. The van der Waals surface area contributed by atoms with Gasteiger partial charge in [-0.15, -0.1) is 0 Å². The van der Waals surface area contributed by atoms with Gasteiger partial charge in [0.25, 0.3) is 0 Å². The molecule has 0 unspecified atom stereocenters. The summed E-state index contributed by atoms with van der Waals surface area (Å²) in [7, 11) is -3.83. The molecule has 0 saturated heterocycles. The van der Waals surface area contributed by atoms with Crippen LogP contribution in [-0.2, 0) is 22.3 Å². The summed E-state index contributed by atoms with van der Waals surface area (Å²) >= 11 is 1.27. The largest absolute Gasteiger partial charge is 0.319 e. The number of hydrogen-bond acceptors (Lipinski definition) is 5. The predicted molar refractivity (Wildman–Crippen MR) is 94.4 cm³/mol. The van der Waals surface area contributed by atoms with Crippen LogP contribution in [0.15, 0.2) is 40.6 Å². The van der Waals surface area contributed by atoms with E-state index < -0.39 is 16.6 Å². The van der Waals surface area contributed by atoms with Crippen LogP contribution < -0.4 is 5.14 Å². The van der Waals surface area contributed by atoms with Gasteiger partial charge in [0, 0.05) is 18.9 Å². The van der Waals surface area contributed by atoms with E-state index in [9.17, 15) is 17.2 Å². The Morgan fingerprint density at radius 3 is 2.77 bits per heavy atom. The Hall–Kier alpha value is -1.98. The second-order valence-electron chi connectivity index (χ2n) is 5.56. The van der Waals surface area contributed by atoms with Crippen LogP contribution in [0.1, 0.15) is 25.7 Å². The van der Waals surface area contributed by atoms with E-state index in [-0.39, 0.29) is 16.5 Å². The number of thioether (sulfide) groups is 1. The molecular formula is C15H17F2N5O2S2. The van der Waals surface area contributed by atoms with E-state index in [0.29, 0.717) is 17.2 Å². The van der Waals surface area contributed by atoms with Crippen molar-refractivity contribution in [3.8, 4) is 0 Å². The number of aryl methyl sites for hydroxylation is 1. The van der Waals surface area contributed by atoms with E-state index in [4.69, 9.17) is 5.14 Å². The Kier molecular flexibility index (Phi) is 5.30. The summed E-state index contributed by atoms with van der Waals surface area (Å²) in [6.45, 7) is 0.0131. The van der Waals surface area contributed by atoms with Crippen LogP contribution in [0.4, 0.5) is 8.78 Å². The zero-order valence-electron chi connectivity index (χ0n) is 13.8. The summed E-state index contributed by atoms with van der Waals surface area (Å²) in [5, 5.41) is 5.78. The predicted octanol–water partition coefficient (Wildman–Crippen LogP) is 2.98. The smallest absolute Gasteiger partial charge is 0.319 e. The summed E-state index contributed by atoms with van der Waals surface area (Å²) in [4.78, 5) is 8.40. The number of alkyl halides is 2. The molecule has 1 aromatic carbocycles. The van der Waals surface area contributed by atoms with Crippen molar-refractivity contribution in [1.82, 2.24) is 19.1 Å². The van der Waals surface area contributed by atoms with E-state index in [1.807, 2.05) is 11.5 Å². The molecule has 3 rings (SSSR count). The highest BCUT2D eigenvalue weighted by Crippen LogP contribution is 2.29. The van der Waals surface area contributed by atoms with Crippen molar-refractivity contribution in [3.63, 3.8) is 0 Å². The monoisotopic (exact) mass is 401 g/mol. The molecule has 0 bridgehead atoms. The number of primary sulfonamides is 1. The quantitative estimate of drug-likeness (QED) is 0.614. The molecule has 0 amide bonds. The second-order valence-corrected chi connectivity index (χ2v) is 8.06. The lowest BCUT2D eigenvalue weighted by atomic mass is 10.3. The van der Waals surface area contributed by atoms with Crippen molar-refractivity contribution >= 4 is 32.8 Å². The number of halogens is 2. The van der Waals surface area contributed by atoms with Gasteiger partial charge in [0.15, 0.2) is 5.16 Å². The van der Waals surface area contributed by atoms with Crippen molar-refractivity contribution in [3.05, 3.63) is 36.4 Å². The molecule has 140 valence electrons. The number of nitrogens with two attached hydrogens (primary N) is 1. The Morgan fingerprint density at radius 1 is 1.35 bits per heavy atom. The molecule has 0 aliphatic rings. The first-order chi connectivity index (χ1) is 12.3. The normalized spacial score (nSPS) is 12.3. The molecule has 11 heteroatoms. The first-order valence-electron chi connectivity index (χ1n) is 7.77. The van der Waals surface area contributed by atoms with E-state index in [1.54, 1.807) is 6.07 Å². The third-order valence-electron chi connectivity index (χ3n) is 3.75. The molecule has 2 heterocycles. The molecule has 0 saturated carbocycles. The molecule has 0 aliphatic carbocycles. The van der Waals surface area contributed by atoms with Crippen molar-refractivity contribution < 1.29 is 17.2 Å². The Morgan fingerprint density at radius 2 is 2.12 bits per heavy atom. The number of rotatable bonds is 7. The number of aromatic nitrogens is 4. The summed E-state index contributed by atoms with van der Waals surface area (Å²) in [6.07, 6.45) is 3.39. The Labute approximate surface area is 153 Å². The maximum absolute atomic E-state index is 12.9. The zero-order valence-corrected chi connectivity index (χ0v) is 15.5. The fraction of sp³-hybridized carbons (Fsp3) is 0.333. The molecule has 3 aromatic rings. The molecule has 0 atom stereocenters. The summed E-state index contributed by atoms with van der Waals surface area (Å²) < 4.78 is 51.7. The lowest BCUT2D eigenvalue weighted by Gasteiger charge is -2.08. The minimum atomic E-state index is -3.83. The maximum Gasteiger partial charge on any atom is 0.319 e. The first-order valence-corrected chi connectivity index (χ1v) is 10.3. The van der Waals surface area contributed by atoms with E-state index in [1.165, 1.54) is 36.3 Å². The molecule has 0 spiro atoms. The Bertz CT molecular complexity index is 1030.